The number of nitro benzene ring substituents is 1. The molecule has 6 amide bonds. The number of rotatable bonds is 16. The Kier molecular flexibility index (Phi) is 21.5. The molecule has 1 saturated heterocycles. The van der Waals surface area contributed by atoms with Crippen molar-refractivity contribution in [1.29, 1.82) is 0 Å². The minimum absolute atomic E-state index is 0.0332. The van der Waals surface area contributed by atoms with Crippen molar-refractivity contribution >= 4 is 42.1 Å². The number of aliphatic hydroxyl groups is 4. The summed E-state index contributed by atoms with van der Waals surface area (Å²) in [5, 5.41) is 72.0. The van der Waals surface area contributed by atoms with Gasteiger partial charge in [0.2, 0.25) is 5.91 Å². The number of non-ortho nitro benzene ring substituents is 1. The molecule has 2 aliphatic heterocycles. The van der Waals surface area contributed by atoms with Crippen LogP contribution < -0.4 is 26.6 Å². The predicted molar refractivity (Wildman–Crippen MR) is 275 cm³/mol. The van der Waals surface area contributed by atoms with Gasteiger partial charge < -0.3 is 89.8 Å². The molecule has 0 spiro atoms. The van der Waals surface area contributed by atoms with E-state index in [4.69, 9.17) is 37.9 Å². The van der Waals surface area contributed by atoms with Crippen LogP contribution in [-0.4, -0.2) is 182 Å². The van der Waals surface area contributed by atoms with Crippen molar-refractivity contribution < 1.29 is 92.0 Å². The highest BCUT2D eigenvalue weighted by molar-refractivity contribution is 5.81. The number of nitro groups is 1. The quantitative estimate of drug-likeness (QED) is 0.0649. The fourth-order valence-electron chi connectivity index (χ4n) is 8.80. The van der Waals surface area contributed by atoms with Crippen LogP contribution in [0.15, 0.2) is 36.1 Å². The Hall–Kier alpha value is -6.26. The molecule has 0 radical (unpaired) electrons. The minimum Gasteiger partial charge on any atom is -0.491 e. The van der Waals surface area contributed by atoms with Crippen LogP contribution in [0, 0.1) is 16.0 Å². The van der Waals surface area contributed by atoms with Gasteiger partial charge in [0.15, 0.2) is 6.29 Å². The van der Waals surface area contributed by atoms with Gasteiger partial charge in [-0.3, -0.25) is 14.9 Å². The predicted octanol–water partition coefficient (Wildman–Crippen LogP) is 3.51. The van der Waals surface area contributed by atoms with Gasteiger partial charge in [-0.1, -0.05) is 0 Å². The Morgan fingerprint density at radius 2 is 1.33 bits per heavy atom. The largest absolute Gasteiger partial charge is 0.491 e. The van der Waals surface area contributed by atoms with Gasteiger partial charge >= 0.3 is 30.5 Å². The first kappa shape index (κ1) is 64.3. The Morgan fingerprint density at radius 3 is 1.88 bits per heavy atom. The average Bonchev–Trinajstić information content (AvgIpc) is 3.27. The maximum Gasteiger partial charge on any atom is 0.410 e. The van der Waals surface area contributed by atoms with Gasteiger partial charge in [0.25, 0.3) is 5.69 Å². The van der Waals surface area contributed by atoms with Crippen molar-refractivity contribution in [3.8, 4) is 0 Å². The van der Waals surface area contributed by atoms with Crippen LogP contribution in [0.2, 0.25) is 0 Å². The molecule has 1 saturated carbocycles. The fraction of sp³-hybridized carbons (Fsp3) is 0.725. The van der Waals surface area contributed by atoms with E-state index in [2.05, 4.69) is 26.6 Å². The number of likely N-dealkylation sites (N-methyl/N-ethyl adjacent to an activating group) is 1. The number of aliphatic hydroxyl groups excluding tert-OH is 3. The van der Waals surface area contributed by atoms with Crippen LogP contribution in [0.5, 0.6) is 0 Å². The van der Waals surface area contributed by atoms with Gasteiger partial charge in [-0.2, -0.15) is 0 Å². The molecule has 440 valence electrons. The minimum atomic E-state index is -1.92. The van der Waals surface area contributed by atoms with Gasteiger partial charge in [-0.15, -0.1) is 0 Å². The van der Waals surface area contributed by atoms with Gasteiger partial charge in [0.05, 0.1) is 42.3 Å². The highest BCUT2D eigenvalue weighted by Crippen LogP contribution is 2.39. The summed E-state index contributed by atoms with van der Waals surface area (Å²) in [7, 11) is 1.29. The average molecular weight is 1110 g/mol. The van der Waals surface area contributed by atoms with Gasteiger partial charge in [-0.05, 0) is 133 Å². The second-order valence-electron chi connectivity index (χ2n) is 23.7. The van der Waals surface area contributed by atoms with Gasteiger partial charge in [-0.25, -0.2) is 24.0 Å². The zero-order chi connectivity index (χ0) is 58.9. The maximum absolute atomic E-state index is 14.0. The molecule has 27 nitrogen and oxygen atoms in total. The molecule has 3 aliphatic rings. The number of hydrogen-bond acceptors (Lipinski definition) is 20. The van der Waals surface area contributed by atoms with Crippen LogP contribution >= 0.6 is 0 Å². The summed E-state index contributed by atoms with van der Waals surface area (Å²) in [4.78, 5) is 91.6. The molecule has 0 aromatic heterocycles. The molecule has 1 aliphatic carbocycles. The SMILES string of the molecule is CN(C(=O)OC(C)(C)C)[C@@H]1[C@@H](O)[C@@H](O[C@@H]2[C@@H](O)[C@H](C3OC(CNC(=O)OCc4ccc([N+](=O)[O-])cc4)=CC[C@H]3NC(=O)OC(C)(C)C)[C@@H](NC(=O)OC(C)(C)C)C[C@H]2NC(=O)[C@@H](O)CCNC(=O)OC(C)(C)C)OC[C@]1(C)O. The molecule has 0 bridgehead atoms. The Balaban J connectivity index is 1.77. The van der Waals surface area contributed by atoms with Crippen molar-refractivity contribution in [2.45, 2.75) is 205 Å². The van der Waals surface area contributed by atoms with E-state index in [1.165, 1.54) is 38.2 Å². The third kappa shape index (κ3) is 19.9. The van der Waals surface area contributed by atoms with Crippen molar-refractivity contribution in [2.75, 3.05) is 26.7 Å². The van der Waals surface area contributed by atoms with E-state index >= 15 is 0 Å². The topological polar surface area (TPSA) is 364 Å². The lowest BCUT2D eigenvalue weighted by atomic mass is 9.72. The third-order valence-electron chi connectivity index (χ3n) is 12.0. The lowest BCUT2D eigenvalue weighted by molar-refractivity contribution is -0.384. The normalized spacial score (nSPS) is 27.0. The van der Waals surface area contributed by atoms with Crippen LogP contribution in [-0.2, 0) is 49.3 Å². The summed E-state index contributed by atoms with van der Waals surface area (Å²) < 4.78 is 46.3. The number of carbonyl (C=O) groups is 6. The number of nitrogens with zero attached hydrogens (tertiary/aromatic N) is 2. The van der Waals surface area contributed by atoms with E-state index in [-0.39, 0.29) is 50.4 Å². The number of hydrogen-bond donors (Lipinski definition) is 9. The molecule has 1 aromatic rings. The summed E-state index contributed by atoms with van der Waals surface area (Å²) in [6, 6.07) is 0.125. The summed E-state index contributed by atoms with van der Waals surface area (Å²) in [6.07, 6.45) is -14.1. The van der Waals surface area contributed by atoms with E-state index in [1.54, 1.807) is 89.2 Å². The van der Waals surface area contributed by atoms with E-state index < -0.39 is 143 Å². The van der Waals surface area contributed by atoms with Crippen molar-refractivity contribution in [3.63, 3.8) is 0 Å². The highest BCUT2D eigenvalue weighted by atomic mass is 16.7. The lowest BCUT2D eigenvalue weighted by Crippen LogP contribution is -2.71. The molecule has 4 rings (SSSR count). The number of carbonyl (C=O) groups excluding carboxylic acids is 6. The number of nitrogens with one attached hydrogen (secondary N) is 5. The highest BCUT2D eigenvalue weighted by Gasteiger charge is 2.57. The second kappa shape index (κ2) is 26.1. The number of amides is 6. The lowest BCUT2D eigenvalue weighted by Gasteiger charge is -2.52. The molecular weight excluding hydrogens is 1030 g/mol. The zero-order valence-electron chi connectivity index (χ0n) is 46.9. The molecule has 2 heterocycles. The second-order valence-corrected chi connectivity index (χ2v) is 23.7. The van der Waals surface area contributed by atoms with Gasteiger partial charge in [0.1, 0.15) is 64.8 Å². The maximum atomic E-state index is 14.0. The molecule has 9 N–H and O–H groups in total. The van der Waals surface area contributed by atoms with Crippen LogP contribution in [0.3, 0.4) is 0 Å². The summed E-state index contributed by atoms with van der Waals surface area (Å²) in [6.45, 7) is 19.5. The van der Waals surface area contributed by atoms with E-state index in [0.717, 1.165) is 4.90 Å². The smallest absolute Gasteiger partial charge is 0.410 e. The summed E-state index contributed by atoms with van der Waals surface area (Å²) >= 11 is 0. The zero-order valence-corrected chi connectivity index (χ0v) is 46.9. The number of ether oxygens (including phenoxy) is 8. The monoisotopic (exact) mass is 1110 g/mol. The van der Waals surface area contributed by atoms with Gasteiger partial charge in [0, 0.05) is 37.7 Å². The fourth-order valence-corrected chi connectivity index (χ4v) is 8.80. The first-order valence-electron chi connectivity index (χ1n) is 25.6. The Morgan fingerprint density at radius 1 is 0.782 bits per heavy atom. The first-order chi connectivity index (χ1) is 35.8. The van der Waals surface area contributed by atoms with Crippen molar-refractivity contribution in [2.24, 2.45) is 5.92 Å². The molecule has 1 unspecified atom stereocenters. The van der Waals surface area contributed by atoms with Crippen LogP contribution in [0.1, 0.15) is 115 Å². The van der Waals surface area contributed by atoms with Crippen LogP contribution in [0.4, 0.5) is 29.7 Å². The van der Waals surface area contributed by atoms with E-state index in [9.17, 15) is 59.3 Å². The van der Waals surface area contributed by atoms with Crippen LogP contribution in [0.25, 0.3) is 0 Å². The molecule has 2 fully saturated rings. The Bertz CT molecular complexity index is 2290. The molecule has 12 atom stereocenters. The standard InChI is InChI=1S/C51H81N7O20/c1-47(2,3)75-43(64)52-22-21-33(59)40(62)54-32-23-31(56-45(66)77-49(7,8)9)34(35(60)38(32)74-41-36(61)39(51(13,68)26-72-41)57(14)46(67)78-50(10,11)12)37-30(55-44(65)76-48(4,5)6)20-19-29(73-37)24-53-42(63)71-25-27-15-17-28(18-16-27)58(69)70/h15-19,30-39,41,59-61,68H,20-26H2,1-14H3,(H,52,64)(H,53,63)(H,54,62)(H,55,65)(H,56,66)/t30-,31+,32-,33+,34-,35+,36-,37?,38+,39-,41-,51+/m1/s1. The molecule has 27 heteroatoms. The van der Waals surface area contributed by atoms with Crippen molar-refractivity contribution in [1.82, 2.24) is 31.5 Å². The van der Waals surface area contributed by atoms with Crippen molar-refractivity contribution in [3.05, 3.63) is 51.8 Å². The Labute approximate surface area is 453 Å². The molecular formula is C51H81N7O20. The summed E-state index contributed by atoms with van der Waals surface area (Å²) in [5.41, 5.74) is -5.49. The number of alkyl carbamates (subject to hydrolysis) is 4. The molecule has 1 aromatic carbocycles. The van der Waals surface area contributed by atoms with E-state index in [1.807, 2.05) is 0 Å². The van der Waals surface area contributed by atoms with E-state index in [0.29, 0.717) is 5.56 Å². The third-order valence-corrected chi connectivity index (χ3v) is 12.0. The summed E-state index contributed by atoms with van der Waals surface area (Å²) in [5.74, 6) is -2.32. The number of benzene rings is 1. The molecule has 78 heavy (non-hydrogen) atoms. The first-order valence-corrected chi connectivity index (χ1v) is 25.6.